The average Bonchev–Trinajstić information content (AvgIpc) is 2.55. The zero-order chi connectivity index (χ0) is 14.2. The molecule has 0 aromatic carbocycles. The second kappa shape index (κ2) is 5.14. The Morgan fingerprint density at radius 2 is 2.00 bits per heavy atom. The van der Waals surface area contributed by atoms with Crippen molar-refractivity contribution >= 4 is 11.9 Å². The lowest BCUT2D eigenvalue weighted by atomic mass is 9.84. The number of fused-ring (bicyclic) bond motifs is 1. The third kappa shape index (κ3) is 3.48. The van der Waals surface area contributed by atoms with E-state index >= 15 is 0 Å². The molecule has 19 heavy (non-hydrogen) atoms. The minimum absolute atomic E-state index is 0.236. The van der Waals surface area contributed by atoms with Gasteiger partial charge in [-0.3, -0.25) is 4.79 Å². The van der Waals surface area contributed by atoms with E-state index in [4.69, 9.17) is 4.74 Å². The summed E-state index contributed by atoms with van der Waals surface area (Å²) < 4.78 is 5.45. The molecule has 3 atom stereocenters. The van der Waals surface area contributed by atoms with Crippen molar-refractivity contribution in [1.82, 2.24) is 4.90 Å². The Balaban J connectivity index is 2.04. The van der Waals surface area contributed by atoms with Crippen LogP contribution >= 0.6 is 0 Å². The molecule has 0 radical (unpaired) electrons. The molecule has 108 valence electrons. The molecule has 3 unspecified atom stereocenters. The van der Waals surface area contributed by atoms with Crippen molar-refractivity contribution in [1.29, 1.82) is 0 Å². The highest BCUT2D eigenvalue weighted by atomic mass is 16.6. The Kier molecular flexibility index (Phi) is 3.88. The van der Waals surface area contributed by atoms with Gasteiger partial charge in [0.2, 0.25) is 0 Å². The number of hydrogen-bond acceptors (Lipinski definition) is 3. The molecule has 4 nitrogen and oxygen atoms in total. The fourth-order valence-corrected chi connectivity index (χ4v) is 3.26. The zero-order valence-corrected chi connectivity index (χ0v) is 12.4. The van der Waals surface area contributed by atoms with Crippen LogP contribution in [0.4, 0.5) is 4.79 Å². The molecule has 4 heteroatoms. The molecular weight excluding hydrogens is 242 g/mol. The van der Waals surface area contributed by atoms with Gasteiger partial charge in [0.25, 0.3) is 0 Å². The fraction of sp³-hybridized carbons (Fsp3) is 0.867. The van der Waals surface area contributed by atoms with Crippen LogP contribution in [-0.4, -0.2) is 35.5 Å². The van der Waals surface area contributed by atoms with E-state index in [1.54, 1.807) is 4.90 Å². The first kappa shape index (κ1) is 14.4. The van der Waals surface area contributed by atoms with Gasteiger partial charge in [0.1, 0.15) is 11.4 Å². The average molecular weight is 267 g/mol. The number of carbonyl (C=O) groups excluding carboxylic acids is 2. The van der Waals surface area contributed by atoms with Crippen LogP contribution in [0.5, 0.6) is 0 Å². The van der Waals surface area contributed by atoms with Crippen LogP contribution in [0.2, 0.25) is 0 Å². The second-order valence-electron chi connectivity index (χ2n) is 7.06. The Morgan fingerprint density at radius 1 is 1.32 bits per heavy atom. The van der Waals surface area contributed by atoms with Gasteiger partial charge in [-0.1, -0.05) is 6.92 Å². The highest BCUT2D eigenvalue weighted by molar-refractivity contribution is 5.81. The smallest absolute Gasteiger partial charge is 0.410 e. The Hall–Kier alpha value is -1.06. The van der Waals surface area contributed by atoms with Crippen LogP contribution in [0.15, 0.2) is 0 Å². The highest BCUT2D eigenvalue weighted by Gasteiger charge is 2.40. The predicted molar refractivity (Wildman–Crippen MR) is 72.8 cm³/mol. The third-order valence-corrected chi connectivity index (χ3v) is 4.25. The van der Waals surface area contributed by atoms with Crippen LogP contribution in [0.3, 0.4) is 0 Å². The molecule has 1 aliphatic heterocycles. The number of ether oxygens (including phenoxy) is 1. The number of carbonyl (C=O) groups is 2. The van der Waals surface area contributed by atoms with Crippen LogP contribution in [0, 0.1) is 17.8 Å². The quantitative estimate of drug-likeness (QED) is 0.678. The highest BCUT2D eigenvalue weighted by Crippen LogP contribution is 2.39. The van der Waals surface area contributed by atoms with Gasteiger partial charge in [0, 0.05) is 25.9 Å². The van der Waals surface area contributed by atoms with Crippen molar-refractivity contribution in [3.63, 3.8) is 0 Å². The number of likely N-dealkylation sites (tertiary alicyclic amines) is 1. The SMILES string of the molecule is CC1CCN(C(=O)OC(C)(C)C)CC2CC(=O)CC12. The van der Waals surface area contributed by atoms with Crippen LogP contribution in [-0.2, 0) is 9.53 Å². The molecular formula is C15H25NO3. The molecule has 2 fully saturated rings. The van der Waals surface area contributed by atoms with Crippen LogP contribution in [0.25, 0.3) is 0 Å². The summed E-state index contributed by atoms with van der Waals surface area (Å²) in [6.45, 7) is 9.27. The summed E-state index contributed by atoms with van der Waals surface area (Å²) in [5.41, 5.74) is -0.458. The summed E-state index contributed by atoms with van der Waals surface area (Å²) in [7, 11) is 0. The summed E-state index contributed by atoms with van der Waals surface area (Å²) in [4.78, 5) is 25.6. The van der Waals surface area contributed by atoms with Crippen molar-refractivity contribution in [2.45, 2.75) is 52.6 Å². The molecule has 1 aliphatic carbocycles. The van der Waals surface area contributed by atoms with Gasteiger partial charge in [0.15, 0.2) is 0 Å². The maximum absolute atomic E-state index is 12.2. The third-order valence-electron chi connectivity index (χ3n) is 4.25. The lowest BCUT2D eigenvalue weighted by Gasteiger charge is -2.28. The lowest BCUT2D eigenvalue weighted by molar-refractivity contribution is -0.117. The van der Waals surface area contributed by atoms with Gasteiger partial charge < -0.3 is 9.64 Å². The predicted octanol–water partition coefficient (Wildman–Crippen LogP) is 2.86. The van der Waals surface area contributed by atoms with Crippen LogP contribution < -0.4 is 0 Å². The first-order valence-corrected chi connectivity index (χ1v) is 7.26. The van der Waals surface area contributed by atoms with Gasteiger partial charge >= 0.3 is 6.09 Å². The van der Waals surface area contributed by atoms with E-state index in [0.29, 0.717) is 42.9 Å². The molecule has 0 aromatic heterocycles. The number of amides is 1. The Bertz CT molecular complexity index is 372. The summed E-state index contributed by atoms with van der Waals surface area (Å²) in [6, 6.07) is 0. The molecule has 0 bridgehead atoms. The van der Waals surface area contributed by atoms with E-state index in [0.717, 1.165) is 13.0 Å². The van der Waals surface area contributed by atoms with Gasteiger partial charge in [-0.2, -0.15) is 0 Å². The normalized spacial score (nSPS) is 31.9. The monoisotopic (exact) mass is 267 g/mol. The number of rotatable bonds is 0. The molecule has 0 spiro atoms. The zero-order valence-electron chi connectivity index (χ0n) is 12.4. The summed E-state index contributed by atoms with van der Waals surface area (Å²) in [5.74, 6) is 1.66. The van der Waals surface area contributed by atoms with Gasteiger partial charge in [-0.25, -0.2) is 4.79 Å². The fourth-order valence-electron chi connectivity index (χ4n) is 3.26. The van der Waals surface area contributed by atoms with E-state index < -0.39 is 5.60 Å². The summed E-state index contributed by atoms with van der Waals surface area (Å²) >= 11 is 0. The second-order valence-corrected chi connectivity index (χ2v) is 7.06. The molecule has 2 aliphatic rings. The maximum atomic E-state index is 12.2. The molecule has 2 rings (SSSR count). The lowest BCUT2D eigenvalue weighted by Crippen LogP contribution is -2.39. The number of nitrogens with zero attached hydrogens (tertiary/aromatic N) is 1. The van der Waals surface area contributed by atoms with Crippen molar-refractivity contribution in [2.75, 3.05) is 13.1 Å². The molecule has 0 aromatic rings. The molecule has 1 amide bonds. The van der Waals surface area contributed by atoms with E-state index in [-0.39, 0.29) is 6.09 Å². The molecule has 1 saturated heterocycles. The first-order valence-electron chi connectivity index (χ1n) is 7.26. The molecule has 1 saturated carbocycles. The Morgan fingerprint density at radius 3 is 2.63 bits per heavy atom. The minimum atomic E-state index is -0.458. The van der Waals surface area contributed by atoms with E-state index in [2.05, 4.69) is 6.92 Å². The van der Waals surface area contributed by atoms with Gasteiger partial charge in [0.05, 0.1) is 0 Å². The topological polar surface area (TPSA) is 46.6 Å². The minimum Gasteiger partial charge on any atom is -0.444 e. The molecule has 1 heterocycles. The van der Waals surface area contributed by atoms with Crippen molar-refractivity contribution in [3.05, 3.63) is 0 Å². The van der Waals surface area contributed by atoms with E-state index in [1.165, 1.54) is 0 Å². The summed E-state index contributed by atoms with van der Waals surface area (Å²) in [5, 5.41) is 0. The van der Waals surface area contributed by atoms with E-state index in [1.807, 2.05) is 20.8 Å². The number of hydrogen-bond donors (Lipinski definition) is 0. The summed E-state index contributed by atoms with van der Waals surface area (Å²) in [6.07, 6.45) is 2.07. The van der Waals surface area contributed by atoms with Gasteiger partial charge in [-0.15, -0.1) is 0 Å². The molecule has 0 N–H and O–H groups in total. The first-order chi connectivity index (χ1) is 8.76. The largest absolute Gasteiger partial charge is 0.444 e. The maximum Gasteiger partial charge on any atom is 0.410 e. The standard InChI is InChI=1S/C15H25NO3/c1-10-5-6-16(14(18)19-15(2,3)4)9-11-7-12(17)8-13(10)11/h10-11,13H,5-9H2,1-4H3. The van der Waals surface area contributed by atoms with Crippen molar-refractivity contribution in [3.8, 4) is 0 Å². The number of Topliss-reactive ketones (excluding diaryl/α,β-unsaturated/α-hetero) is 1. The van der Waals surface area contributed by atoms with Crippen molar-refractivity contribution in [2.24, 2.45) is 17.8 Å². The van der Waals surface area contributed by atoms with Crippen LogP contribution in [0.1, 0.15) is 47.0 Å². The van der Waals surface area contributed by atoms with E-state index in [9.17, 15) is 9.59 Å². The van der Waals surface area contributed by atoms with Crippen molar-refractivity contribution < 1.29 is 14.3 Å². The number of ketones is 1. The van der Waals surface area contributed by atoms with Gasteiger partial charge in [-0.05, 0) is 44.9 Å². The Labute approximate surface area is 115 Å².